The van der Waals surface area contributed by atoms with Crippen molar-refractivity contribution in [1.82, 2.24) is 24.4 Å². The van der Waals surface area contributed by atoms with Crippen molar-refractivity contribution >= 4 is 39.7 Å². The Morgan fingerprint density at radius 3 is 2.50 bits per heavy atom. The Morgan fingerprint density at radius 1 is 1.29 bits per heavy atom. The highest BCUT2D eigenvalue weighted by atomic mass is 32.2. The number of aromatic amines is 1. The van der Waals surface area contributed by atoms with Gasteiger partial charge in [0.1, 0.15) is 0 Å². The largest absolute Gasteiger partial charge is 0.348 e. The number of anilines is 1. The van der Waals surface area contributed by atoms with E-state index in [1.807, 2.05) is 6.92 Å². The second kappa shape index (κ2) is 9.08. The summed E-state index contributed by atoms with van der Waals surface area (Å²) in [5.74, 6) is -0.175. The van der Waals surface area contributed by atoms with Crippen molar-refractivity contribution in [3.05, 3.63) is 34.9 Å². The third-order valence-electron chi connectivity index (χ3n) is 3.85. The Morgan fingerprint density at radius 2 is 1.93 bits per heavy atom. The van der Waals surface area contributed by atoms with Crippen molar-refractivity contribution in [1.29, 1.82) is 0 Å². The zero-order chi connectivity index (χ0) is 20.9. The van der Waals surface area contributed by atoms with Crippen LogP contribution in [0.1, 0.15) is 19.7 Å². The number of benzene rings is 1. The highest BCUT2D eigenvalue weighted by Crippen LogP contribution is 2.17. The van der Waals surface area contributed by atoms with Crippen molar-refractivity contribution in [3.8, 4) is 0 Å². The Kier molecular flexibility index (Phi) is 7.05. The molecule has 10 nitrogen and oxygen atoms in total. The van der Waals surface area contributed by atoms with Gasteiger partial charge < -0.3 is 15.2 Å². The number of hydrogen-bond acceptors (Lipinski definition) is 6. The Balaban J connectivity index is 1.99. The van der Waals surface area contributed by atoms with Gasteiger partial charge in [0, 0.05) is 26.2 Å². The molecule has 0 atom stereocenters. The molecule has 0 radical (unpaired) electrons. The van der Waals surface area contributed by atoms with Crippen LogP contribution in [0, 0.1) is 4.77 Å². The van der Waals surface area contributed by atoms with Gasteiger partial charge in [-0.05, 0) is 43.4 Å². The summed E-state index contributed by atoms with van der Waals surface area (Å²) in [7, 11) is -2.54. The smallest absolute Gasteiger partial charge is 0.243 e. The van der Waals surface area contributed by atoms with Gasteiger partial charge in [0.25, 0.3) is 0 Å². The molecular formula is C16H22N6O4S2. The lowest BCUT2D eigenvalue weighted by Crippen LogP contribution is -2.38. The molecule has 0 aliphatic carbocycles. The number of nitrogens with one attached hydrogen (secondary N) is 3. The number of H-pyrrole nitrogens is 1. The highest BCUT2D eigenvalue weighted by Gasteiger charge is 2.23. The Labute approximate surface area is 168 Å². The van der Waals surface area contributed by atoms with E-state index in [4.69, 9.17) is 12.2 Å². The fourth-order valence-electron chi connectivity index (χ4n) is 2.43. The number of rotatable bonds is 8. The molecule has 2 aromatic rings. The summed E-state index contributed by atoms with van der Waals surface area (Å²) in [5.41, 5.74) is 0.483. The van der Waals surface area contributed by atoms with Gasteiger partial charge in [0.15, 0.2) is 10.6 Å². The third-order valence-corrected chi connectivity index (χ3v) is 5.98. The molecule has 1 aromatic carbocycles. The van der Waals surface area contributed by atoms with Crippen LogP contribution in [-0.4, -0.2) is 52.9 Å². The Bertz CT molecular complexity index is 1010. The van der Waals surface area contributed by atoms with Gasteiger partial charge in [0.05, 0.1) is 18.0 Å². The van der Waals surface area contributed by atoms with Crippen LogP contribution in [0.3, 0.4) is 0 Å². The summed E-state index contributed by atoms with van der Waals surface area (Å²) < 4.78 is 28.3. The predicted octanol–water partition coefficient (Wildman–Crippen LogP) is 0.856. The summed E-state index contributed by atoms with van der Waals surface area (Å²) in [6, 6.07) is 5.70. The first-order chi connectivity index (χ1) is 13.1. The van der Waals surface area contributed by atoms with Gasteiger partial charge >= 0.3 is 0 Å². The van der Waals surface area contributed by atoms with E-state index >= 15 is 0 Å². The summed E-state index contributed by atoms with van der Waals surface area (Å²) in [6.45, 7) is 3.63. The van der Waals surface area contributed by atoms with Crippen LogP contribution in [0.5, 0.6) is 0 Å². The minimum absolute atomic E-state index is 0.0174. The Hall–Kier alpha value is -2.57. The second-order valence-electron chi connectivity index (χ2n) is 5.93. The van der Waals surface area contributed by atoms with Crippen LogP contribution in [-0.2, 0) is 32.7 Å². The topological polar surface area (TPSA) is 129 Å². The van der Waals surface area contributed by atoms with Crippen LogP contribution in [0.2, 0.25) is 0 Å². The van der Waals surface area contributed by atoms with E-state index in [-0.39, 0.29) is 23.9 Å². The first kappa shape index (κ1) is 21.7. The summed E-state index contributed by atoms with van der Waals surface area (Å²) >= 11 is 5.08. The molecule has 0 saturated carbocycles. The zero-order valence-corrected chi connectivity index (χ0v) is 17.4. The molecule has 2 amide bonds. The van der Waals surface area contributed by atoms with Crippen molar-refractivity contribution in [2.24, 2.45) is 0 Å². The molecule has 3 N–H and O–H groups in total. The number of likely N-dealkylation sites (N-methyl/N-ethyl adjacent to an activating group) is 1. The zero-order valence-electron chi connectivity index (χ0n) is 15.7. The number of carbonyl (C=O) groups excluding carboxylic acids is 2. The maximum atomic E-state index is 12.6. The number of amides is 2. The van der Waals surface area contributed by atoms with Gasteiger partial charge in [-0.25, -0.2) is 8.42 Å². The third kappa shape index (κ3) is 5.24. The van der Waals surface area contributed by atoms with Crippen molar-refractivity contribution < 1.29 is 18.0 Å². The van der Waals surface area contributed by atoms with Gasteiger partial charge in [-0.15, -0.1) is 0 Å². The minimum atomic E-state index is -3.85. The number of aromatic nitrogens is 3. The van der Waals surface area contributed by atoms with Crippen molar-refractivity contribution in [2.45, 2.75) is 31.8 Å². The molecule has 12 heteroatoms. The molecule has 152 valence electrons. The molecule has 0 unspecified atom stereocenters. The molecule has 0 fully saturated rings. The number of nitrogens with zero attached hydrogens (tertiary/aromatic N) is 3. The van der Waals surface area contributed by atoms with Crippen molar-refractivity contribution in [3.63, 3.8) is 0 Å². The maximum Gasteiger partial charge on any atom is 0.243 e. The molecule has 0 aliphatic rings. The molecule has 2 rings (SSSR count). The van der Waals surface area contributed by atoms with Gasteiger partial charge in [-0.1, -0.05) is 0 Å². The first-order valence-electron chi connectivity index (χ1n) is 8.40. The molecular weight excluding hydrogens is 404 g/mol. The van der Waals surface area contributed by atoms with Crippen LogP contribution in [0.25, 0.3) is 0 Å². The van der Waals surface area contributed by atoms with E-state index in [1.165, 1.54) is 38.2 Å². The summed E-state index contributed by atoms with van der Waals surface area (Å²) in [6.07, 6.45) is 0. The van der Waals surface area contributed by atoms with Crippen LogP contribution in [0.15, 0.2) is 29.2 Å². The van der Waals surface area contributed by atoms with E-state index in [2.05, 4.69) is 20.8 Å². The average molecular weight is 427 g/mol. The SMILES string of the molecule is CCn1c(CNC(=O)CN(C)S(=O)(=O)c2ccc(NC(C)=O)cc2)n[nH]c1=S. The summed E-state index contributed by atoms with van der Waals surface area (Å²) in [5, 5.41) is 11.9. The van der Waals surface area contributed by atoms with E-state index in [0.29, 0.717) is 22.8 Å². The van der Waals surface area contributed by atoms with E-state index in [0.717, 1.165) is 4.31 Å². The molecule has 0 spiro atoms. The average Bonchev–Trinajstić information content (AvgIpc) is 2.99. The fourth-order valence-corrected chi connectivity index (χ4v) is 3.83. The lowest BCUT2D eigenvalue weighted by Gasteiger charge is -2.17. The first-order valence-corrected chi connectivity index (χ1v) is 10.2. The maximum absolute atomic E-state index is 12.6. The normalized spacial score (nSPS) is 11.4. The van der Waals surface area contributed by atoms with Crippen LogP contribution >= 0.6 is 12.2 Å². The van der Waals surface area contributed by atoms with Crippen LogP contribution in [0.4, 0.5) is 5.69 Å². The molecule has 28 heavy (non-hydrogen) atoms. The predicted molar refractivity (Wildman–Crippen MR) is 105 cm³/mol. The van der Waals surface area contributed by atoms with E-state index in [1.54, 1.807) is 4.57 Å². The molecule has 1 aromatic heterocycles. The monoisotopic (exact) mass is 426 g/mol. The molecule has 0 saturated heterocycles. The fraction of sp³-hybridized carbons (Fsp3) is 0.375. The van der Waals surface area contributed by atoms with Gasteiger partial charge in [-0.3, -0.25) is 14.7 Å². The number of sulfonamides is 1. The van der Waals surface area contributed by atoms with E-state index < -0.39 is 15.9 Å². The summed E-state index contributed by atoms with van der Waals surface area (Å²) in [4.78, 5) is 23.2. The van der Waals surface area contributed by atoms with Crippen molar-refractivity contribution in [2.75, 3.05) is 18.9 Å². The van der Waals surface area contributed by atoms with Gasteiger partial charge in [-0.2, -0.15) is 9.40 Å². The van der Waals surface area contributed by atoms with Gasteiger partial charge in [0.2, 0.25) is 21.8 Å². The molecule has 0 aliphatic heterocycles. The standard InChI is InChI=1S/C16H22N6O4S2/c1-4-22-14(19-20-16(22)27)9-17-15(24)10-21(3)28(25,26)13-7-5-12(6-8-13)18-11(2)23/h5-8H,4,9-10H2,1-3H3,(H,17,24)(H,18,23)(H,20,27). The number of carbonyl (C=O) groups is 2. The van der Waals surface area contributed by atoms with Crippen LogP contribution < -0.4 is 10.6 Å². The van der Waals surface area contributed by atoms with E-state index in [9.17, 15) is 18.0 Å². The number of hydrogen-bond donors (Lipinski definition) is 3. The lowest BCUT2D eigenvalue weighted by molar-refractivity contribution is -0.121. The highest BCUT2D eigenvalue weighted by molar-refractivity contribution is 7.89. The lowest BCUT2D eigenvalue weighted by atomic mass is 10.3. The minimum Gasteiger partial charge on any atom is -0.348 e. The second-order valence-corrected chi connectivity index (χ2v) is 8.36. The quantitative estimate of drug-likeness (QED) is 0.537. The molecule has 0 bridgehead atoms. The molecule has 1 heterocycles.